The number of aliphatic hydroxyl groups is 1. The van der Waals surface area contributed by atoms with Crippen LogP contribution in [0.3, 0.4) is 0 Å². The Morgan fingerprint density at radius 3 is 3.00 bits per heavy atom. The standard InChI is InChI=1S/C12H13NO4/c14-7-12(13(15)16)9-4-3-8(6-9)11(12)10-2-1-5-17-10/h1-5,8-9,11,14H,6-7H2/t8-,9+,11-,12+/m0/s1. The Bertz CT molecular complexity index is 467. The zero-order valence-electron chi connectivity index (χ0n) is 9.15. The van der Waals surface area contributed by atoms with Crippen molar-refractivity contribution in [3.8, 4) is 0 Å². The fraction of sp³-hybridized carbons (Fsp3) is 0.500. The number of allylic oxidation sites excluding steroid dienone is 1. The summed E-state index contributed by atoms with van der Waals surface area (Å²) in [6, 6.07) is 3.49. The molecule has 1 fully saturated rings. The van der Waals surface area contributed by atoms with Crippen molar-refractivity contribution in [2.75, 3.05) is 6.61 Å². The Kier molecular flexibility index (Phi) is 2.13. The summed E-state index contributed by atoms with van der Waals surface area (Å²) >= 11 is 0. The van der Waals surface area contributed by atoms with E-state index in [0.717, 1.165) is 6.42 Å². The van der Waals surface area contributed by atoms with Gasteiger partial charge in [-0.2, -0.15) is 0 Å². The Morgan fingerprint density at radius 2 is 2.41 bits per heavy atom. The zero-order valence-corrected chi connectivity index (χ0v) is 9.15. The second-order valence-electron chi connectivity index (χ2n) is 4.79. The minimum atomic E-state index is -1.31. The van der Waals surface area contributed by atoms with Crippen LogP contribution in [0.5, 0.6) is 0 Å². The van der Waals surface area contributed by atoms with Crippen LogP contribution in [-0.4, -0.2) is 22.2 Å². The van der Waals surface area contributed by atoms with Crippen LogP contribution in [0.2, 0.25) is 0 Å². The number of aliphatic hydroxyl groups excluding tert-OH is 1. The zero-order chi connectivity index (χ0) is 12.0. The number of nitrogens with zero attached hydrogens (tertiary/aromatic N) is 1. The molecule has 1 saturated carbocycles. The third-order valence-corrected chi connectivity index (χ3v) is 4.17. The molecule has 0 amide bonds. The van der Waals surface area contributed by atoms with Gasteiger partial charge in [-0.15, -0.1) is 0 Å². The molecule has 17 heavy (non-hydrogen) atoms. The van der Waals surface area contributed by atoms with Gasteiger partial charge in [0.15, 0.2) is 0 Å². The molecule has 3 rings (SSSR count). The van der Waals surface area contributed by atoms with Gasteiger partial charge in [0.05, 0.1) is 18.1 Å². The van der Waals surface area contributed by atoms with Crippen molar-refractivity contribution in [3.63, 3.8) is 0 Å². The molecule has 0 aliphatic heterocycles. The highest BCUT2D eigenvalue weighted by Gasteiger charge is 2.66. The first-order valence-corrected chi connectivity index (χ1v) is 5.67. The molecule has 1 N–H and O–H groups in total. The van der Waals surface area contributed by atoms with Crippen molar-refractivity contribution >= 4 is 0 Å². The summed E-state index contributed by atoms with van der Waals surface area (Å²) in [6.45, 7) is -0.448. The van der Waals surface area contributed by atoms with E-state index < -0.39 is 12.1 Å². The summed E-state index contributed by atoms with van der Waals surface area (Å²) in [6.07, 6.45) is 6.12. The summed E-state index contributed by atoms with van der Waals surface area (Å²) in [5.41, 5.74) is -1.31. The normalized spacial score (nSPS) is 38.8. The smallest absolute Gasteiger partial charge is 0.261 e. The van der Waals surface area contributed by atoms with E-state index >= 15 is 0 Å². The van der Waals surface area contributed by atoms with Crippen LogP contribution in [0, 0.1) is 22.0 Å². The number of hydrogen-bond acceptors (Lipinski definition) is 4. The van der Waals surface area contributed by atoms with Crippen LogP contribution >= 0.6 is 0 Å². The number of fused-ring (bicyclic) bond motifs is 2. The molecule has 5 nitrogen and oxygen atoms in total. The van der Waals surface area contributed by atoms with Crippen molar-refractivity contribution in [2.45, 2.75) is 17.9 Å². The molecular formula is C12H13NO4. The first-order valence-electron chi connectivity index (χ1n) is 5.67. The predicted molar refractivity (Wildman–Crippen MR) is 59.0 cm³/mol. The molecule has 90 valence electrons. The number of furan rings is 1. The van der Waals surface area contributed by atoms with Gasteiger partial charge in [-0.25, -0.2) is 0 Å². The third kappa shape index (κ3) is 1.17. The Labute approximate surface area is 97.9 Å². The van der Waals surface area contributed by atoms with Crippen molar-refractivity contribution in [1.82, 2.24) is 0 Å². The summed E-state index contributed by atoms with van der Waals surface area (Å²) in [5.74, 6) is 0.159. The lowest BCUT2D eigenvalue weighted by molar-refractivity contribution is -0.583. The van der Waals surface area contributed by atoms with E-state index in [0.29, 0.717) is 5.76 Å². The van der Waals surface area contributed by atoms with E-state index in [2.05, 4.69) is 0 Å². The second-order valence-corrected chi connectivity index (χ2v) is 4.79. The fourth-order valence-electron chi connectivity index (χ4n) is 3.39. The first kappa shape index (κ1) is 10.5. The minimum absolute atomic E-state index is 0.101. The lowest BCUT2D eigenvalue weighted by Gasteiger charge is -2.31. The molecule has 0 spiro atoms. The Hall–Kier alpha value is -1.62. The maximum Gasteiger partial charge on any atom is 0.261 e. The number of rotatable bonds is 3. The van der Waals surface area contributed by atoms with E-state index in [-0.39, 0.29) is 22.7 Å². The average molecular weight is 235 g/mol. The molecule has 0 radical (unpaired) electrons. The van der Waals surface area contributed by atoms with E-state index in [1.54, 1.807) is 12.1 Å². The molecule has 5 heteroatoms. The van der Waals surface area contributed by atoms with Crippen LogP contribution in [0.4, 0.5) is 0 Å². The molecule has 1 aromatic heterocycles. The van der Waals surface area contributed by atoms with Crippen molar-refractivity contribution in [2.24, 2.45) is 11.8 Å². The van der Waals surface area contributed by atoms with Crippen LogP contribution in [0.15, 0.2) is 35.0 Å². The van der Waals surface area contributed by atoms with Crippen LogP contribution in [-0.2, 0) is 0 Å². The predicted octanol–water partition coefficient (Wildman–Crippen LogP) is 1.58. The highest BCUT2D eigenvalue weighted by molar-refractivity contribution is 5.29. The van der Waals surface area contributed by atoms with Crippen LogP contribution < -0.4 is 0 Å². The molecule has 0 aromatic carbocycles. The first-order chi connectivity index (χ1) is 8.20. The quantitative estimate of drug-likeness (QED) is 0.490. The van der Waals surface area contributed by atoms with Crippen LogP contribution in [0.1, 0.15) is 18.1 Å². The number of hydrogen-bond donors (Lipinski definition) is 1. The van der Waals surface area contributed by atoms with Gasteiger partial charge in [-0.3, -0.25) is 10.1 Å². The van der Waals surface area contributed by atoms with Gasteiger partial charge in [-0.05, 0) is 24.5 Å². The van der Waals surface area contributed by atoms with Crippen molar-refractivity contribution in [1.29, 1.82) is 0 Å². The highest BCUT2D eigenvalue weighted by Crippen LogP contribution is 2.56. The lowest BCUT2D eigenvalue weighted by atomic mass is 9.75. The molecule has 1 heterocycles. The number of nitro groups is 1. The molecule has 4 atom stereocenters. The van der Waals surface area contributed by atoms with Gasteiger partial charge < -0.3 is 9.52 Å². The van der Waals surface area contributed by atoms with Gasteiger partial charge in [0, 0.05) is 4.92 Å². The molecular weight excluding hydrogens is 222 g/mol. The second kappa shape index (κ2) is 3.43. The molecule has 2 aliphatic carbocycles. The largest absolute Gasteiger partial charge is 0.469 e. The van der Waals surface area contributed by atoms with E-state index in [4.69, 9.17) is 4.42 Å². The molecule has 1 aromatic rings. The third-order valence-electron chi connectivity index (χ3n) is 4.17. The fourth-order valence-corrected chi connectivity index (χ4v) is 3.39. The maximum absolute atomic E-state index is 11.4. The van der Waals surface area contributed by atoms with Crippen molar-refractivity contribution in [3.05, 3.63) is 46.4 Å². The summed E-state index contributed by atoms with van der Waals surface area (Å²) < 4.78 is 5.33. The molecule has 2 bridgehead atoms. The highest BCUT2D eigenvalue weighted by atomic mass is 16.6. The van der Waals surface area contributed by atoms with Crippen molar-refractivity contribution < 1.29 is 14.4 Å². The van der Waals surface area contributed by atoms with Crippen LogP contribution in [0.25, 0.3) is 0 Å². The molecule has 0 unspecified atom stereocenters. The van der Waals surface area contributed by atoms with Gasteiger partial charge in [0.2, 0.25) is 0 Å². The van der Waals surface area contributed by atoms with E-state index in [1.807, 2.05) is 12.2 Å². The Morgan fingerprint density at radius 1 is 1.59 bits per heavy atom. The Balaban J connectivity index is 2.12. The van der Waals surface area contributed by atoms with Gasteiger partial charge >= 0.3 is 0 Å². The summed E-state index contributed by atoms with van der Waals surface area (Å²) in [4.78, 5) is 11.1. The van der Waals surface area contributed by atoms with E-state index in [1.165, 1.54) is 6.26 Å². The average Bonchev–Trinajstić information content (AvgIpc) is 3.02. The topological polar surface area (TPSA) is 76.5 Å². The van der Waals surface area contributed by atoms with Gasteiger partial charge in [0.25, 0.3) is 5.54 Å². The monoisotopic (exact) mass is 235 g/mol. The van der Waals surface area contributed by atoms with Gasteiger partial charge in [0.1, 0.15) is 12.4 Å². The SMILES string of the molecule is O=[N+]([O-])[C@]1(CO)[C@@H]2C=C[C@@H](C2)[C@H]1c1ccco1. The summed E-state index contributed by atoms with van der Waals surface area (Å²) in [7, 11) is 0. The van der Waals surface area contributed by atoms with E-state index in [9.17, 15) is 15.2 Å². The van der Waals surface area contributed by atoms with Gasteiger partial charge in [-0.1, -0.05) is 12.2 Å². The lowest BCUT2D eigenvalue weighted by Crippen LogP contribution is -2.50. The minimum Gasteiger partial charge on any atom is -0.469 e. The molecule has 0 saturated heterocycles. The molecule has 2 aliphatic rings. The summed E-state index contributed by atoms with van der Waals surface area (Å²) in [5, 5.41) is 21.0. The maximum atomic E-state index is 11.4.